The van der Waals surface area contributed by atoms with E-state index in [1.165, 1.54) is 11.3 Å². The summed E-state index contributed by atoms with van der Waals surface area (Å²) in [7, 11) is 3.97. The number of likely N-dealkylation sites (N-methyl/N-ethyl adjacent to an activating group) is 1. The van der Waals surface area contributed by atoms with Crippen LogP contribution in [0.25, 0.3) is 10.2 Å². The summed E-state index contributed by atoms with van der Waals surface area (Å²) >= 11 is 1.49. The van der Waals surface area contributed by atoms with Gasteiger partial charge < -0.3 is 14.4 Å². The third-order valence-electron chi connectivity index (χ3n) is 4.41. The highest BCUT2D eigenvalue weighted by molar-refractivity contribution is 7.22. The van der Waals surface area contributed by atoms with Crippen LogP contribution in [-0.2, 0) is 4.79 Å². The zero-order chi connectivity index (χ0) is 20.8. The highest BCUT2D eigenvalue weighted by Gasteiger charge is 2.21. The molecule has 0 unspecified atom stereocenters. The molecule has 154 valence electrons. The molecule has 7 heteroatoms. The highest BCUT2D eigenvalue weighted by atomic mass is 32.1. The smallest absolute Gasteiger partial charge is 0.266 e. The second-order valence-electron chi connectivity index (χ2n) is 6.96. The Morgan fingerprint density at radius 3 is 2.62 bits per heavy atom. The van der Waals surface area contributed by atoms with Gasteiger partial charge in [0.15, 0.2) is 11.7 Å². The van der Waals surface area contributed by atoms with E-state index in [0.717, 1.165) is 33.8 Å². The van der Waals surface area contributed by atoms with Crippen molar-refractivity contribution < 1.29 is 14.3 Å². The lowest BCUT2D eigenvalue weighted by molar-refractivity contribution is -0.120. The number of carbonyl (C=O) groups excluding carboxylic acids is 1. The fourth-order valence-corrected chi connectivity index (χ4v) is 3.86. The largest absolute Gasteiger partial charge is 0.494 e. The summed E-state index contributed by atoms with van der Waals surface area (Å²) in [6, 6.07) is 13.5. The second-order valence-corrected chi connectivity index (χ2v) is 7.97. The summed E-state index contributed by atoms with van der Waals surface area (Å²) in [5, 5.41) is 0.675. The van der Waals surface area contributed by atoms with Crippen LogP contribution >= 0.6 is 11.3 Å². The third-order valence-corrected chi connectivity index (χ3v) is 5.45. The first-order chi connectivity index (χ1) is 14.0. The summed E-state index contributed by atoms with van der Waals surface area (Å²) in [6.07, 6.45) is 0. The molecule has 1 amide bonds. The van der Waals surface area contributed by atoms with Crippen molar-refractivity contribution in [3.05, 3.63) is 48.0 Å². The molecule has 0 N–H and O–H groups in total. The van der Waals surface area contributed by atoms with Gasteiger partial charge in [0.1, 0.15) is 11.5 Å². The molecule has 0 aliphatic carbocycles. The fraction of sp³-hybridized carbons (Fsp3) is 0.364. The molecule has 1 heterocycles. The Morgan fingerprint density at radius 2 is 1.90 bits per heavy atom. The number of amides is 1. The number of thiazole rings is 1. The minimum Gasteiger partial charge on any atom is -0.494 e. The van der Waals surface area contributed by atoms with Crippen molar-refractivity contribution in [2.75, 3.05) is 45.3 Å². The van der Waals surface area contributed by atoms with Crippen LogP contribution in [-0.4, -0.2) is 56.2 Å². The van der Waals surface area contributed by atoms with Crippen LogP contribution in [0.5, 0.6) is 11.5 Å². The van der Waals surface area contributed by atoms with Crippen molar-refractivity contribution in [3.8, 4) is 11.5 Å². The molecule has 29 heavy (non-hydrogen) atoms. The molecule has 0 aliphatic heterocycles. The Balaban J connectivity index is 1.81. The number of fused-ring (bicyclic) bond motifs is 1. The van der Waals surface area contributed by atoms with E-state index in [2.05, 4.69) is 4.98 Å². The number of hydrogen-bond acceptors (Lipinski definition) is 6. The van der Waals surface area contributed by atoms with Crippen LogP contribution < -0.4 is 14.4 Å². The van der Waals surface area contributed by atoms with Gasteiger partial charge in [0.05, 0.1) is 16.8 Å². The number of nitrogens with zero attached hydrogens (tertiary/aromatic N) is 3. The molecule has 0 bridgehead atoms. The van der Waals surface area contributed by atoms with Crippen molar-refractivity contribution >= 4 is 32.6 Å². The number of anilines is 1. The molecule has 0 aliphatic rings. The van der Waals surface area contributed by atoms with Crippen molar-refractivity contribution in [1.82, 2.24) is 9.88 Å². The zero-order valence-electron chi connectivity index (χ0n) is 17.3. The molecule has 0 atom stereocenters. The average molecular weight is 414 g/mol. The molecule has 0 radical (unpaired) electrons. The number of aryl methyl sites for hydroxylation is 1. The average Bonchev–Trinajstić information content (AvgIpc) is 3.10. The predicted octanol–water partition coefficient (Wildman–Crippen LogP) is 3.98. The molecule has 2 aromatic carbocycles. The molecule has 0 saturated heterocycles. The lowest BCUT2D eigenvalue weighted by Gasteiger charge is -2.22. The highest BCUT2D eigenvalue weighted by Crippen LogP contribution is 2.31. The number of benzene rings is 2. The third kappa shape index (κ3) is 5.46. The van der Waals surface area contributed by atoms with E-state index in [1.807, 2.05) is 75.3 Å². The number of rotatable bonds is 9. The normalized spacial score (nSPS) is 11.1. The molecular formula is C22H27N3O3S. The number of ether oxygens (including phenoxy) is 2. The molecule has 3 aromatic rings. The van der Waals surface area contributed by atoms with Crippen molar-refractivity contribution in [2.24, 2.45) is 0 Å². The van der Waals surface area contributed by atoms with Gasteiger partial charge in [-0.05, 0) is 57.8 Å². The van der Waals surface area contributed by atoms with Gasteiger partial charge in [0.2, 0.25) is 0 Å². The van der Waals surface area contributed by atoms with E-state index in [0.29, 0.717) is 18.3 Å². The standard InChI is InChI=1S/C22H27N3O3S/c1-5-27-17-10-11-18-20(14-17)29-22(23-18)25(13-12-24(3)4)21(26)15-28-19-9-7-6-8-16(19)2/h6-11,14H,5,12-13,15H2,1-4H3. The van der Waals surface area contributed by atoms with E-state index in [-0.39, 0.29) is 12.5 Å². The van der Waals surface area contributed by atoms with Crippen LogP contribution in [0.3, 0.4) is 0 Å². The first kappa shape index (κ1) is 21.1. The topological polar surface area (TPSA) is 54.9 Å². The quantitative estimate of drug-likeness (QED) is 0.531. The van der Waals surface area contributed by atoms with Crippen LogP contribution in [0.15, 0.2) is 42.5 Å². The van der Waals surface area contributed by atoms with Crippen LogP contribution in [0, 0.1) is 6.92 Å². The maximum absolute atomic E-state index is 13.0. The van der Waals surface area contributed by atoms with Gasteiger partial charge in [-0.2, -0.15) is 0 Å². The van der Waals surface area contributed by atoms with Gasteiger partial charge in [-0.15, -0.1) is 0 Å². The summed E-state index contributed by atoms with van der Waals surface area (Å²) in [4.78, 5) is 21.4. The summed E-state index contributed by atoms with van der Waals surface area (Å²) < 4.78 is 12.4. The number of carbonyl (C=O) groups is 1. The van der Waals surface area contributed by atoms with Gasteiger partial charge in [0, 0.05) is 13.1 Å². The van der Waals surface area contributed by atoms with E-state index in [9.17, 15) is 4.79 Å². The number of aromatic nitrogens is 1. The molecule has 0 saturated carbocycles. The minimum atomic E-state index is -0.112. The Labute approximate surface area is 175 Å². The molecule has 0 spiro atoms. The maximum Gasteiger partial charge on any atom is 0.266 e. The van der Waals surface area contributed by atoms with Crippen LogP contribution in [0.1, 0.15) is 12.5 Å². The van der Waals surface area contributed by atoms with Crippen molar-refractivity contribution in [1.29, 1.82) is 0 Å². The maximum atomic E-state index is 13.0. The molecule has 6 nitrogen and oxygen atoms in total. The monoisotopic (exact) mass is 413 g/mol. The van der Waals surface area contributed by atoms with E-state index >= 15 is 0 Å². The first-order valence-corrected chi connectivity index (χ1v) is 10.5. The molecular weight excluding hydrogens is 386 g/mol. The zero-order valence-corrected chi connectivity index (χ0v) is 18.2. The summed E-state index contributed by atoms with van der Waals surface area (Å²) in [5.74, 6) is 1.42. The summed E-state index contributed by atoms with van der Waals surface area (Å²) in [6.45, 7) is 5.78. The van der Waals surface area contributed by atoms with Crippen molar-refractivity contribution in [3.63, 3.8) is 0 Å². The van der Waals surface area contributed by atoms with E-state index in [4.69, 9.17) is 9.47 Å². The van der Waals surface area contributed by atoms with Crippen LogP contribution in [0.4, 0.5) is 5.13 Å². The fourth-order valence-electron chi connectivity index (χ4n) is 2.83. The molecule has 1 aromatic heterocycles. The minimum absolute atomic E-state index is 0.0294. The Bertz CT molecular complexity index is 971. The Hall–Kier alpha value is -2.64. The van der Waals surface area contributed by atoms with Gasteiger partial charge in [0.25, 0.3) is 5.91 Å². The summed E-state index contributed by atoms with van der Waals surface area (Å²) in [5.41, 5.74) is 1.86. The van der Waals surface area contributed by atoms with Gasteiger partial charge in [-0.1, -0.05) is 29.5 Å². The Kier molecular flexibility index (Phi) is 7.06. The second kappa shape index (κ2) is 9.71. The first-order valence-electron chi connectivity index (χ1n) is 9.65. The van der Waals surface area contributed by atoms with Gasteiger partial charge in [-0.3, -0.25) is 9.69 Å². The van der Waals surface area contributed by atoms with Crippen molar-refractivity contribution in [2.45, 2.75) is 13.8 Å². The van der Waals surface area contributed by atoms with Gasteiger partial charge in [-0.25, -0.2) is 4.98 Å². The van der Waals surface area contributed by atoms with Crippen LogP contribution in [0.2, 0.25) is 0 Å². The lowest BCUT2D eigenvalue weighted by atomic mass is 10.2. The molecule has 3 rings (SSSR count). The number of hydrogen-bond donors (Lipinski definition) is 0. The lowest BCUT2D eigenvalue weighted by Crippen LogP contribution is -2.39. The van der Waals surface area contributed by atoms with Gasteiger partial charge >= 0.3 is 0 Å². The predicted molar refractivity (Wildman–Crippen MR) is 118 cm³/mol. The van der Waals surface area contributed by atoms with E-state index < -0.39 is 0 Å². The Morgan fingerprint density at radius 1 is 1.10 bits per heavy atom. The van der Waals surface area contributed by atoms with E-state index in [1.54, 1.807) is 4.90 Å². The number of para-hydroxylation sites is 1. The molecule has 0 fully saturated rings. The SMILES string of the molecule is CCOc1ccc2nc(N(CCN(C)C)C(=O)COc3ccccc3C)sc2c1.